The van der Waals surface area contributed by atoms with Crippen molar-refractivity contribution in [3.8, 4) is 0 Å². The second kappa shape index (κ2) is 4.45. The molecule has 0 bridgehead atoms. The van der Waals surface area contributed by atoms with E-state index in [1.54, 1.807) is 22.6 Å². The quantitative estimate of drug-likeness (QED) is 0.523. The van der Waals surface area contributed by atoms with Crippen LogP contribution in [0.4, 0.5) is 8.78 Å². The number of rotatable bonds is 3. The van der Waals surface area contributed by atoms with E-state index in [-0.39, 0.29) is 12.3 Å². The summed E-state index contributed by atoms with van der Waals surface area (Å²) in [5, 5.41) is 0. The Balaban J connectivity index is 3.06. The van der Waals surface area contributed by atoms with Crippen molar-refractivity contribution >= 4 is 22.6 Å². The van der Waals surface area contributed by atoms with Gasteiger partial charge >= 0.3 is 0 Å². The highest BCUT2D eigenvalue weighted by Crippen LogP contribution is 2.26. The van der Waals surface area contributed by atoms with Gasteiger partial charge in [0.15, 0.2) is 0 Å². The molecule has 0 amide bonds. The van der Waals surface area contributed by atoms with Crippen LogP contribution in [0.3, 0.4) is 0 Å². The van der Waals surface area contributed by atoms with Crippen LogP contribution in [0.15, 0.2) is 12.3 Å². The molecule has 1 heterocycles. The molecule has 0 radical (unpaired) electrons. The number of ether oxygens (including phenoxy) is 1. The number of aromatic nitrogens is 1. The maximum atomic E-state index is 13.2. The molecule has 0 aliphatic carbocycles. The topological polar surface area (TPSA) is 48.1 Å². The van der Waals surface area contributed by atoms with Crippen LogP contribution in [0.2, 0.25) is 0 Å². The Hall–Kier alpha value is -0.340. The lowest BCUT2D eigenvalue weighted by molar-refractivity contribution is 0.172. The summed E-state index contributed by atoms with van der Waals surface area (Å²) < 4.78 is 29.5. The van der Waals surface area contributed by atoms with E-state index in [0.717, 1.165) is 12.3 Å². The zero-order valence-corrected chi connectivity index (χ0v) is 9.59. The number of methoxy groups -OCH3 is 1. The third-order valence-corrected chi connectivity index (χ3v) is 2.38. The summed E-state index contributed by atoms with van der Waals surface area (Å²) in [6, 6.07) is 0.748. The highest BCUT2D eigenvalue weighted by Gasteiger charge is 2.28. The number of nitrogens with zero attached hydrogens (tertiary/aromatic N) is 1. The Labute approximate surface area is 93.8 Å². The van der Waals surface area contributed by atoms with Crippen molar-refractivity contribution in [1.29, 1.82) is 0 Å². The van der Waals surface area contributed by atoms with Gasteiger partial charge in [-0.15, -0.1) is 0 Å². The van der Waals surface area contributed by atoms with Crippen LogP contribution in [0.1, 0.15) is 5.69 Å². The molecule has 3 nitrogen and oxygen atoms in total. The zero-order chi connectivity index (χ0) is 10.8. The number of nitrogens with two attached hydrogens (primary N) is 1. The smallest absolute Gasteiger partial charge is 0.150 e. The molecule has 1 atom stereocenters. The average molecular weight is 314 g/mol. The van der Waals surface area contributed by atoms with Crippen molar-refractivity contribution in [3.05, 3.63) is 29.6 Å². The van der Waals surface area contributed by atoms with Gasteiger partial charge in [0.25, 0.3) is 0 Å². The van der Waals surface area contributed by atoms with Gasteiger partial charge in [0, 0.05) is 13.2 Å². The number of alkyl halides is 1. The number of halogens is 3. The van der Waals surface area contributed by atoms with E-state index < -0.39 is 15.2 Å². The Morgan fingerprint density at radius 3 is 2.79 bits per heavy atom. The molecule has 0 unspecified atom stereocenters. The maximum Gasteiger partial charge on any atom is 0.150 e. The average Bonchev–Trinajstić information content (AvgIpc) is 2.02. The van der Waals surface area contributed by atoms with Crippen molar-refractivity contribution < 1.29 is 13.5 Å². The number of hydrogen-bond donors (Lipinski definition) is 1. The van der Waals surface area contributed by atoms with Crippen molar-refractivity contribution in [2.24, 2.45) is 5.73 Å². The second-order valence-corrected chi connectivity index (χ2v) is 4.70. The largest absolute Gasteiger partial charge is 0.382 e. The second-order valence-electron chi connectivity index (χ2n) is 2.78. The van der Waals surface area contributed by atoms with Crippen LogP contribution >= 0.6 is 22.6 Å². The van der Waals surface area contributed by atoms with Gasteiger partial charge in [-0.05, 0) is 0 Å². The van der Waals surface area contributed by atoms with Gasteiger partial charge in [0.05, 0.1) is 12.8 Å². The molecule has 14 heavy (non-hydrogen) atoms. The standard InChI is InChI=1S/C8H9F2IN2O/c1-14-4-8(11,12)7-6(10)2-5(9)3-13-7/h2-3H,4,12H2,1H3/t8-/m1/s1. The van der Waals surface area contributed by atoms with E-state index in [9.17, 15) is 8.78 Å². The summed E-state index contributed by atoms with van der Waals surface area (Å²) in [6.07, 6.45) is 0.925. The summed E-state index contributed by atoms with van der Waals surface area (Å²) in [6.45, 7) is 0.100. The lowest BCUT2D eigenvalue weighted by Crippen LogP contribution is -2.36. The highest BCUT2D eigenvalue weighted by molar-refractivity contribution is 14.1. The Bertz CT molecular complexity index is 333. The SMILES string of the molecule is COC[C@](N)(I)c1ncc(F)cc1F. The lowest BCUT2D eigenvalue weighted by atomic mass is 10.2. The van der Waals surface area contributed by atoms with Gasteiger partial charge in [-0.25, -0.2) is 8.78 Å². The molecular formula is C8H9F2IN2O. The van der Waals surface area contributed by atoms with Crippen molar-refractivity contribution in [2.75, 3.05) is 13.7 Å². The van der Waals surface area contributed by atoms with Crippen molar-refractivity contribution in [2.45, 2.75) is 3.55 Å². The summed E-state index contributed by atoms with van der Waals surface area (Å²) in [5.41, 5.74) is 5.72. The predicted octanol–water partition coefficient (Wildman–Crippen LogP) is 1.55. The van der Waals surface area contributed by atoms with Gasteiger partial charge in [0.1, 0.15) is 20.9 Å². The molecular weight excluding hydrogens is 305 g/mol. The fraction of sp³-hybridized carbons (Fsp3) is 0.375. The molecule has 0 aliphatic heterocycles. The fourth-order valence-corrected chi connectivity index (χ4v) is 1.71. The minimum Gasteiger partial charge on any atom is -0.382 e. The van der Waals surface area contributed by atoms with Crippen LogP contribution < -0.4 is 5.73 Å². The molecule has 0 saturated heterocycles. The highest BCUT2D eigenvalue weighted by atomic mass is 127. The van der Waals surface area contributed by atoms with Crippen LogP contribution in [-0.2, 0) is 8.28 Å². The molecule has 1 rings (SSSR count). The first-order valence-electron chi connectivity index (χ1n) is 3.75. The van der Waals surface area contributed by atoms with Crippen LogP contribution in [0.25, 0.3) is 0 Å². The summed E-state index contributed by atoms with van der Waals surface area (Å²) in [4.78, 5) is 3.61. The molecule has 0 saturated carbocycles. The predicted molar refractivity (Wildman–Crippen MR) is 55.9 cm³/mol. The van der Waals surface area contributed by atoms with E-state index >= 15 is 0 Å². The minimum atomic E-state index is -1.08. The Kier molecular flexibility index (Phi) is 3.73. The van der Waals surface area contributed by atoms with Crippen LogP contribution in [-0.4, -0.2) is 18.7 Å². The van der Waals surface area contributed by atoms with E-state index in [1.165, 1.54) is 7.11 Å². The first kappa shape index (κ1) is 11.7. The zero-order valence-electron chi connectivity index (χ0n) is 7.43. The van der Waals surface area contributed by atoms with Gasteiger partial charge in [0.2, 0.25) is 0 Å². The lowest BCUT2D eigenvalue weighted by Gasteiger charge is -2.20. The van der Waals surface area contributed by atoms with Gasteiger partial charge in [-0.1, -0.05) is 22.6 Å². The third kappa shape index (κ3) is 2.58. The molecule has 0 aliphatic rings. The van der Waals surface area contributed by atoms with Crippen LogP contribution in [0, 0.1) is 11.6 Å². The molecule has 78 valence electrons. The van der Waals surface area contributed by atoms with Crippen LogP contribution in [0.5, 0.6) is 0 Å². The monoisotopic (exact) mass is 314 g/mol. The fourth-order valence-electron chi connectivity index (χ4n) is 0.999. The van der Waals surface area contributed by atoms with E-state index in [1.807, 2.05) is 0 Å². The van der Waals surface area contributed by atoms with Crippen molar-refractivity contribution in [1.82, 2.24) is 4.98 Å². The molecule has 0 aromatic carbocycles. The first-order chi connectivity index (χ1) is 6.47. The maximum absolute atomic E-state index is 13.2. The normalized spacial score (nSPS) is 15.2. The molecule has 0 spiro atoms. The van der Waals surface area contributed by atoms with Gasteiger partial charge in [-0.3, -0.25) is 4.98 Å². The van der Waals surface area contributed by atoms with Gasteiger partial charge < -0.3 is 10.5 Å². The third-order valence-electron chi connectivity index (χ3n) is 1.56. The van der Waals surface area contributed by atoms with E-state index in [2.05, 4.69) is 4.98 Å². The van der Waals surface area contributed by atoms with E-state index in [0.29, 0.717) is 0 Å². The van der Waals surface area contributed by atoms with Crippen molar-refractivity contribution in [3.63, 3.8) is 0 Å². The first-order valence-corrected chi connectivity index (χ1v) is 4.83. The molecule has 1 aromatic heterocycles. The number of pyridine rings is 1. The Morgan fingerprint density at radius 1 is 1.64 bits per heavy atom. The molecule has 2 N–H and O–H groups in total. The minimum absolute atomic E-state index is 0.0126. The number of hydrogen-bond acceptors (Lipinski definition) is 3. The molecule has 6 heteroatoms. The molecule has 1 aromatic rings. The molecule has 0 fully saturated rings. The summed E-state index contributed by atoms with van der Waals surface area (Å²) in [7, 11) is 1.45. The van der Waals surface area contributed by atoms with E-state index in [4.69, 9.17) is 10.5 Å². The van der Waals surface area contributed by atoms with Gasteiger partial charge in [-0.2, -0.15) is 0 Å². The Morgan fingerprint density at radius 2 is 2.29 bits per heavy atom. The summed E-state index contributed by atoms with van der Waals surface area (Å²) >= 11 is 1.81. The summed E-state index contributed by atoms with van der Waals surface area (Å²) in [5.74, 6) is -1.49.